The fourth-order valence-electron chi connectivity index (χ4n) is 1.79. The predicted octanol–water partition coefficient (Wildman–Crippen LogP) is 1.95. The Balaban J connectivity index is 2.59. The van der Waals surface area contributed by atoms with Crippen LogP contribution in [0.3, 0.4) is 0 Å². The van der Waals surface area contributed by atoms with Crippen LogP contribution >= 0.6 is 0 Å². The zero-order valence-corrected chi connectivity index (χ0v) is 11.8. The van der Waals surface area contributed by atoms with Crippen LogP contribution in [0.1, 0.15) is 17.3 Å². The molecule has 0 bridgehead atoms. The Morgan fingerprint density at radius 2 is 1.78 bits per heavy atom. The van der Waals surface area contributed by atoms with Crippen LogP contribution in [0.2, 0.25) is 0 Å². The molecule has 1 atom stereocenters. The van der Waals surface area contributed by atoms with Gasteiger partial charge in [0.05, 0.1) is 33.8 Å². The van der Waals surface area contributed by atoms with E-state index in [-0.39, 0.29) is 12.1 Å². The van der Waals surface area contributed by atoms with E-state index in [1.807, 2.05) is 6.92 Å². The van der Waals surface area contributed by atoms with Crippen LogP contribution in [0, 0.1) is 0 Å². The second kappa shape index (κ2) is 5.87. The Hall–Kier alpha value is -1.55. The SMILES string of the molecule is COc1ccc(C(=O)O[C@H](C)C[N+](C)(C)C)cc1. The number of carbonyl (C=O) groups is 1. The summed E-state index contributed by atoms with van der Waals surface area (Å²) in [5.74, 6) is 0.435. The topological polar surface area (TPSA) is 35.5 Å². The highest BCUT2D eigenvalue weighted by atomic mass is 16.5. The minimum atomic E-state index is -0.293. The first-order valence-corrected chi connectivity index (χ1v) is 5.97. The van der Waals surface area contributed by atoms with Crippen molar-refractivity contribution >= 4 is 5.97 Å². The molecule has 1 rings (SSSR count). The van der Waals surface area contributed by atoms with E-state index in [0.29, 0.717) is 5.56 Å². The number of quaternary nitrogens is 1. The van der Waals surface area contributed by atoms with Crippen molar-refractivity contribution in [3.63, 3.8) is 0 Å². The maximum absolute atomic E-state index is 11.9. The lowest BCUT2D eigenvalue weighted by Gasteiger charge is -2.27. The lowest BCUT2D eigenvalue weighted by molar-refractivity contribution is -0.873. The van der Waals surface area contributed by atoms with E-state index in [2.05, 4.69) is 21.1 Å². The smallest absolute Gasteiger partial charge is 0.338 e. The largest absolute Gasteiger partial charge is 0.497 e. The van der Waals surface area contributed by atoms with Gasteiger partial charge < -0.3 is 14.0 Å². The van der Waals surface area contributed by atoms with Gasteiger partial charge in [-0.2, -0.15) is 0 Å². The van der Waals surface area contributed by atoms with Gasteiger partial charge in [0.25, 0.3) is 0 Å². The zero-order chi connectivity index (χ0) is 13.8. The Labute approximate surface area is 109 Å². The number of likely N-dealkylation sites (N-methyl/N-ethyl adjacent to an activating group) is 1. The number of ether oxygens (including phenoxy) is 2. The monoisotopic (exact) mass is 252 g/mol. The molecule has 0 spiro atoms. The number of esters is 1. The first-order chi connectivity index (χ1) is 8.31. The number of hydrogen-bond donors (Lipinski definition) is 0. The fraction of sp³-hybridized carbons (Fsp3) is 0.500. The lowest BCUT2D eigenvalue weighted by Crippen LogP contribution is -2.41. The Morgan fingerprint density at radius 3 is 2.22 bits per heavy atom. The van der Waals surface area contributed by atoms with Crippen LogP contribution in [-0.2, 0) is 4.74 Å². The first kappa shape index (κ1) is 14.5. The number of rotatable bonds is 5. The molecule has 4 nitrogen and oxygen atoms in total. The quantitative estimate of drug-likeness (QED) is 0.593. The van der Waals surface area contributed by atoms with Gasteiger partial charge in [-0.1, -0.05) is 0 Å². The number of nitrogens with zero attached hydrogens (tertiary/aromatic N) is 1. The molecule has 0 fully saturated rings. The Morgan fingerprint density at radius 1 is 1.22 bits per heavy atom. The Bertz CT molecular complexity index is 392. The average Bonchev–Trinajstić information content (AvgIpc) is 2.26. The molecule has 0 amide bonds. The minimum absolute atomic E-state index is 0.111. The molecule has 0 heterocycles. The van der Waals surface area contributed by atoms with Crippen LogP contribution in [0.15, 0.2) is 24.3 Å². The third-order valence-electron chi connectivity index (χ3n) is 2.44. The summed E-state index contributed by atoms with van der Waals surface area (Å²) in [6, 6.07) is 6.92. The second-order valence-corrected chi connectivity index (χ2v) is 5.42. The molecule has 18 heavy (non-hydrogen) atoms. The van der Waals surface area contributed by atoms with Gasteiger partial charge >= 0.3 is 5.97 Å². The number of methoxy groups -OCH3 is 1. The van der Waals surface area contributed by atoms with Gasteiger partial charge in [-0.25, -0.2) is 4.79 Å². The van der Waals surface area contributed by atoms with Gasteiger partial charge in [0, 0.05) is 0 Å². The second-order valence-electron chi connectivity index (χ2n) is 5.42. The van der Waals surface area contributed by atoms with E-state index in [0.717, 1.165) is 16.8 Å². The molecule has 0 saturated heterocycles. The van der Waals surface area contributed by atoms with Gasteiger partial charge in [-0.15, -0.1) is 0 Å². The molecule has 0 unspecified atom stereocenters. The maximum Gasteiger partial charge on any atom is 0.338 e. The summed E-state index contributed by atoms with van der Waals surface area (Å²) < 4.78 is 11.2. The highest BCUT2D eigenvalue weighted by Gasteiger charge is 2.18. The highest BCUT2D eigenvalue weighted by Crippen LogP contribution is 2.13. The van der Waals surface area contributed by atoms with Crippen molar-refractivity contribution in [3.8, 4) is 5.75 Å². The van der Waals surface area contributed by atoms with E-state index in [4.69, 9.17) is 9.47 Å². The summed E-state index contributed by atoms with van der Waals surface area (Å²) >= 11 is 0. The summed E-state index contributed by atoms with van der Waals surface area (Å²) in [6.45, 7) is 2.69. The van der Waals surface area contributed by atoms with Crippen molar-refractivity contribution in [3.05, 3.63) is 29.8 Å². The normalized spacial score (nSPS) is 12.9. The van der Waals surface area contributed by atoms with Gasteiger partial charge in [0.15, 0.2) is 0 Å². The minimum Gasteiger partial charge on any atom is -0.497 e. The van der Waals surface area contributed by atoms with E-state index in [1.165, 1.54) is 0 Å². The predicted molar refractivity (Wildman–Crippen MR) is 70.8 cm³/mol. The lowest BCUT2D eigenvalue weighted by atomic mass is 10.2. The molecule has 0 aromatic heterocycles. The molecular weight excluding hydrogens is 230 g/mol. The molecule has 0 aliphatic rings. The fourth-order valence-corrected chi connectivity index (χ4v) is 1.79. The van der Waals surface area contributed by atoms with Crippen LogP contribution in [0.4, 0.5) is 0 Å². The molecule has 0 aliphatic carbocycles. The summed E-state index contributed by atoms with van der Waals surface area (Å²) in [5, 5.41) is 0. The Kier molecular flexibility index (Phi) is 4.73. The number of carbonyl (C=O) groups excluding carboxylic acids is 1. The van der Waals surface area contributed by atoms with Crippen molar-refractivity contribution in [1.29, 1.82) is 0 Å². The molecule has 0 radical (unpaired) electrons. The third-order valence-corrected chi connectivity index (χ3v) is 2.44. The molecule has 0 saturated carbocycles. The van der Waals surface area contributed by atoms with Crippen molar-refractivity contribution in [2.75, 3.05) is 34.8 Å². The van der Waals surface area contributed by atoms with Crippen LogP contribution in [0.5, 0.6) is 5.75 Å². The number of benzene rings is 1. The molecule has 0 aliphatic heterocycles. The van der Waals surface area contributed by atoms with Crippen LogP contribution in [0.25, 0.3) is 0 Å². The van der Waals surface area contributed by atoms with E-state index < -0.39 is 0 Å². The molecule has 4 heteroatoms. The van der Waals surface area contributed by atoms with E-state index in [9.17, 15) is 4.79 Å². The van der Waals surface area contributed by atoms with E-state index >= 15 is 0 Å². The van der Waals surface area contributed by atoms with Crippen molar-refractivity contribution in [2.24, 2.45) is 0 Å². The molecular formula is C14H22NO3+. The molecule has 1 aromatic rings. The summed E-state index contributed by atoms with van der Waals surface area (Å²) in [4.78, 5) is 11.9. The van der Waals surface area contributed by atoms with Gasteiger partial charge in [-0.3, -0.25) is 0 Å². The molecule has 1 aromatic carbocycles. The highest BCUT2D eigenvalue weighted by molar-refractivity contribution is 5.89. The van der Waals surface area contributed by atoms with Crippen molar-refractivity contribution in [1.82, 2.24) is 0 Å². The first-order valence-electron chi connectivity index (χ1n) is 5.97. The molecule has 0 N–H and O–H groups in total. The third kappa shape index (κ3) is 4.75. The standard InChI is InChI=1S/C14H22NO3/c1-11(10-15(2,3)4)18-14(16)12-6-8-13(17-5)9-7-12/h6-9,11H,10H2,1-5H3/q+1/t11-/m1/s1. The van der Waals surface area contributed by atoms with Crippen molar-refractivity contribution in [2.45, 2.75) is 13.0 Å². The van der Waals surface area contributed by atoms with Crippen LogP contribution < -0.4 is 4.74 Å². The summed E-state index contributed by atoms with van der Waals surface area (Å²) in [6.07, 6.45) is -0.111. The zero-order valence-electron chi connectivity index (χ0n) is 11.8. The maximum atomic E-state index is 11.9. The van der Waals surface area contributed by atoms with Crippen LogP contribution in [-0.4, -0.2) is 51.4 Å². The average molecular weight is 252 g/mol. The van der Waals surface area contributed by atoms with Gasteiger partial charge in [0.1, 0.15) is 18.4 Å². The van der Waals surface area contributed by atoms with Gasteiger partial charge in [-0.05, 0) is 31.2 Å². The summed E-state index contributed by atoms with van der Waals surface area (Å²) in [5.41, 5.74) is 0.545. The van der Waals surface area contributed by atoms with Gasteiger partial charge in [0.2, 0.25) is 0 Å². The summed E-state index contributed by atoms with van der Waals surface area (Å²) in [7, 11) is 7.80. The molecule has 100 valence electrons. The van der Waals surface area contributed by atoms with E-state index in [1.54, 1.807) is 31.4 Å². The number of hydrogen-bond acceptors (Lipinski definition) is 3. The van der Waals surface area contributed by atoms with Crippen molar-refractivity contribution < 1.29 is 18.8 Å².